The molecule has 0 radical (unpaired) electrons. The van der Waals surface area contributed by atoms with Gasteiger partial charge in [0.2, 0.25) is 0 Å². The van der Waals surface area contributed by atoms with E-state index in [0.717, 1.165) is 24.2 Å². The molecule has 4 nitrogen and oxygen atoms in total. The number of nitrogens with zero attached hydrogens (tertiary/aromatic N) is 4. The Morgan fingerprint density at radius 2 is 0.667 bits per heavy atom. The van der Waals surface area contributed by atoms with Crippen molar-refractivity contribution < 1.29 is 0 Å². The Morgan fingerprint density at radius 3 is 1.01 bits per heavy atom. The number of hydrogen-bond acceptors (Lipinski definition) is 2. The third kappa shape index (κ3) is 5.95. The second kappa shape index (κ2) is 15.6. The monoisotopic (exact) mass is 966 g/mol. The molecular formula is C70H59BN4. The van der Waals surface area contributed by atoms with Crippen LogP contribution in [0.15, 0.2) is 188 Å². The van der Waals surface area contributed by atoms with Crippen LogP contribution in [0.2, 0.25) is 0 Å². The largest absolute Gasteiger partial charge is 0.330 e. The van der Waals surface area contributed by atoms with E-state index in [0.29, 0.717) is 0 Å². The predicted octanol–water partition coefficient (Wildman–Crippen LogP) is 17.0. The molecule has 15 rings (SSSR count). The van der Waals surface area contributed by atoms with Crippen LogP contribution in [-0.4, -0.2) is 15.8 Å². The quantitative estimate of drug-likeness (QED) is 0.122. The molecule has 0 N–H and O–H groups in total. The maximum Gasteiger partial charge on any atom is 0.257 e. The van der Waals surface area contributed by atoms with E-state index in [9.17, 15) is 0 Å². The lowest BCUT2D eigenvalue weighted by Gasteiger charge is -2.43. The molecule has 362 valence electrons. The van der Waals surface area contributed by atoms with E-state index in [-0.39, 0.29) is 17.5 Å². The minimum absolute atomic E-state index is 0.00328. The molecule has 2 aliphatic rings. The average molecular weight is 967 g/mol. The third-order valence-electron chi connectivity index (χ3n) is 18.5. The standard InChI is InChI=1S/C70H59BN4/c1-9-69(3,4)42-30-36-60-58(38-42)64-67(72(60)7)74(44-32-34-54-50-24-13-11-20-46(50)48-22-15-17-26-52(48)56(54)40-44)62-28-19-29-63-66(62)71(64)65-59-39-43(70(5,6)10-2)31-37-61(59)73(8)68(65)75(63)45-33-35-55-51-25-14-12-21-47(51)49-23-16-18-27-53(49)57(55)41-45/h11-41H,9-10H2,1-8H3. The smallest absolute Gasteiger partial charge is 0.257 e. The lowest BCUT2D eigenvalue weighted by atomic mass is 9.33. The molecule has 0 atom stereocenters. The minimum atomic E-state index is -0.0727. The van der Waals surface area contributed by atoms with Crippen molar-refractivity contribution in [3.63, 3.8) is 0 Å². The lowest BCUT2D eigenvalue weighted by molar-refractivity contribution is 0.507. The van der Waals surface area contributed by atoms with E-state index in [2.05, 4.69) is 263 Å². The Bertz CT molecular complexity index is 4260. The van der Waals surface area contributed by atoms with E-state index in [4.69, 9.17) is 0 Å². The SMILES string of the molecule is CCC(C)(C)c1ccc2c(c1)c1c(n2C)N(c2ccc3c4ccccc4c4ccccc4c3c2)c2cccc3c2B1c1c(n(C)c2ccc(C(C)(C)CC)cc12)N3c1ccc2c3ccccc3c3ccccc3c2c1. The summed E-state index contributed by atoms with van der Waals surface area (Å²) in [5, 5.41) is 18.0. The van der Waals surface area contributed by atoms with Crippen molar-refractivity contribution in [2.45, 2.75) is 65.2 Å². The Hall–Kier alpha value is -8.28. The molecule has 13 aromatic rings. The van der Waals surface area contributed by atoms with Crippen molar-refractivity contribution in [3.05, 3.63) is 199 Å². The number of fused-ring (bicyclic) bond motifs is 20. The van der Waals surface area contributed by atoms with Crippen LogP contribution in [0, 0.1) is 0 Å². The third-order valence-corrected chi connectivity index (χ3v) is 18.5. The summed E-state index contributed by atoms with van der Waals surface area (Å²) in [6.07, 6.45) is 2.09. The lowest BCUT2D eigenvalue weighted by Crippen LogP contribution is -2.61. The molecule has 0 spiro atoms. The summed E-state index contributed by atoms with van der Waals surface area (Å²) in [4.78, 5) is 5.25. The number of rotatable bonds is 6. The molecule has 11 aromatic carbocycles. The summed E-state index contributed by atoms with van der Waals surface area (Å²) in [7, 11) is 4.61. The molecule has 0 amide bonds. The summed E-state index contributed by atoms with van der Waals surface area (Å²) < 4.78 is 5.01. The Kier molecular flexibility index (Phi) is 9.22. The first-order chi connectivity index (χ1) is 36.5. The first kappa shape index (κ1) is 44.2. The van der Waals surface area contributed by atoms with Crippen molar-refractivity contribution in [2.75, 3.05) is 9.80 Å². The van der Waals surface area contributed by atoms with E-state index in [1.807, 2.05) is 0 Å². The molecule has 0 saturated heterocycles. The fourth-order valence-corrected chi connectivity index (χ4v) is 13.8. The molecule has 4 heterocycles. The Balaban J connectivity index is 1.09. The molecule has 0 bridgehead atoms. The fraction of sp³-hybridized carbons (Fsp3) is 0.171. The highest BCUT2D eigenvalue weighted by Gasteiger charge is 2.48. The van der Waals surface area contributed by atoms with Gasteiger partial charge in [0.05, 0.1) is 0 Å². The van der Waals surface area contributed by atoms with Gasteiger partial charge in [0, 0.05) is 47.9 Å². The fourth-order valence-electron chi connectivity index (χ4n) is 13.8. The van der Waals surface area contributed by atoms with Crippen LogP contribution >= 0.6 is 0 Å². The normalized spacial score (nSPS) is 13.6. The van der Waals surface area contributed by atoms with Crippen molar-refractivity contribution in [1.82, 2.24) is 9.13 Å². The molecule has 2 aliphatic heterocycles. The zero-order valence-electron chi connectivity index (χ0n) is 44.2. The van der Waals surface area contributed by atoms with Crippen LogP contribution < -0.4 is 26.2 Å². The molecule has 2 aromatic heterocycles. The van der Waals surface area contributed by atoms with Gasteiger partial charge in [0.15, 0.2) is 0 Å². The number of hydrogen-bond donors (Lipinski definition) is 0. The molecule has 75 heavy (non-hydrogen) atoms. The van der Waals surface area contributed by atoms with Crippen molar-refractivity contribution in [1.29, 1.82) is 0 Å². The first-order valence-corrected chi connectivity index (χ1v) is 27.1. The van der Waals surface area contributed by atoms with Gasteiger partial charge in [-0.1, -0.05) is 169 Å². The van der Waals surface area contributed by atoms with Gasteiger partial charge in [0.1, 0.15) is 11.6 Å². The van der Waals surface area contributed by atoms with Crippen LogP contribution in [0.4, 0.5) is 34.4 Å². The van der Waals surface area contributed by atoms with E-state index >= 15 is 0 Å². The van der Waals surface area contributed by atoms with Crippen LogP contribution in [0.5, 0.6) is 0 Å². The predicted molar refractivity (Wildman–Crippen MR) is 325 cm³/mol. The van der Waals surface area contributed by atoms with Gasteiger partial charge >= 0.3 is 0 Å². The van der Waals surface area contributed by atoms with Gasteiger partial charge in [-0.25, -0.2) is 0 Å². The molecule has 5 heteroatoms. The second-order valence-electron chi connectivity index (χ2n) is 23.0. The summed E-state index contributed by atoms with van der Waals surface area (Å²) in [6, 6.07) is 72.2. The maximum absolute atomic E-state index is 2.62. The van der Waals surface area contributed by atoms with Crippen LogP contribution in [0.3, 0.4) is 0 Å². The molecular weight excluding hydrogens is 908 g/mol. The number of benzene rings is 11. The van der Waals surface area contributed by atoms with Crippen molar-refractivity contribution in [2.24, 2.45) is 14.1 Å². The molecule has 0 saturated carbocycles. The minimum Gasteiger partial charge on any atom is -0.330 e. The molecule has 0 aliphatic carbocycles. The highest BCUT2D eigenvalue weighted by atomic mass is 15.3. The topological polar surface area (TPSA) is 16.3 Å². The van der Waals surface area contributed by atoms with Crippen LogP contribution in [-0.2, 0) is 24.9 Å². The van der Waals surface area contributed by atoms with Gasteiger partial charge < -0.3 is 9.13 Å². The van der Waals surface area contributed by atoms with Gasteiger partial charge in [-0.05, 0) is 187 Å². The van der Waals surface area contributed by atoms with Gasteiger partial charge in [-0.15, -0.1) is 0 Å². The maximum atomic E-state index is 2.62. The molecule has 0 unspecified atom stereocenters. The second-order valence-corrected chi connectivity index (χ2v) is 23.0. The zero-order chi connectivity index (χ0) is 50.8. The number of aryl methyl sites for hydroxylation is 2. The van der Waals surface area contributed by atoms with Crippen LogP contribution in [0.1, 0.15) is 65.5 Å². The van der Waals surface area contributed by atoms with Crippen LogP contribution in [0.25, 0.3) is 86.4 Å². The van der Waals surface area contributed by atoms with Gasteiger partial charge in [-0.2, -0.15) is 0 Å². The van der Waals surface area contributed by atoms with Gasteiger partial charge in [0.25, 0.3) is 6.71 Å². The number of aromatic nitrogens is 2. The van der Waals surface area contributed by atoms with E-state index in [1.54, 1.807) is 0 Å². The summed E-state index contributed by atoms with van der Waals surface area (Å²) in [5.41, 5.74) is 14.0. The summed E-state index contributed by atoms with van der Waals surface area (Å²) >= 11 is 0. The summed E-state index contributed by atoms with van der Waals surface area (Å²) in [6.45, 7) is 14.2. The number of anilines is 6. The Morgan fingerprint density at radius 1 is 0.333 bits per heavy atom. The first-order valence-electron chi connectivity index (χ1n) is 27.1. The molecule has 0 fully saturated rings. The summed E-state index contributed by atoms with van der Waals surface area (Å²) in [5.74, 6) is 2.45. The van der Waals surface area contributed by atoms with Crippen molar-refractivity contribution >= 4 is 144 Å². The highest BCUT2D eigenvalue weighted by Crippen LogP contribution is 2.50. The van der Waals surface area contributed by atoms with E-state index in [1.165, 1.54) is 137 Å². The van der Waals surface area contributed by atoms with E-state index < -0.39 is 0 Å². The van der Waals surface area contributed by atoms with Gasteiger partial charge in [-0.3, -0.25) is 9.80 Å². The van der Waals surface area contributed by atoms with Crippen molar-refractivity contribution in [3.8, 4) is 0 Å². The highest BCUT2D eigenvalue weighted by molar-refractivity contribution is 7.03. The Labute approximate surface area is 439 Å². The zero-order valence-corrected chi connectivity index (χ0v) is 44.2. The average Bonchev–Trinajstić information content (AvgIpc) is 4.12.